The number of aliphatic hydroxyl groups is 1. The van der Waals surface area contributed by atoms with Gasteiger partial charge in [0.25, 0.3) is 0 Å². The van der Waals surface area contributed by atoms with Crippen molar-refractivity contribution in [1.82, 2.24) is 0 Å². The minimum absolute atomic E-state index is 0.118. The lowest BCUT2D eigenvalue weighted by Crippen LogP contribution is -2.32. The number of carbonyl (C=O) groups is 1. The van der Waals surface area contributed by atoms with Gasteiger partial charge in [-0.3, -0.25) is 4.79 Å². The minimum atomic E-state index is -0.960. The Hall–Kier alpha value is -2.06. The predicted molar refractivity (Wildman–Crippen MR) is 58.1 cm³/mol. The fraction of sp³-hybridized carbons (Fsp3) is 0.273. The molecule has 5 nitrogen and oxygen atoms in total. The first-order valence-corrected chi connectivity index (χ1v) is 4.75. The van der Waals surface area contributed by atoms with E-state index in [1.165, 1.54) is 4.90 Å². The Morgan fingerprint density at radius 2 is 2.00 bits per heavy atom. The molecule has 5 heteroatoms. The van der Waals surface area contributed by atoms with Crippen molar-refractivity contribution in [1.29, 1.82) is 5.26 Å². The molecule has 0 amide bonds. The van der Waals surface area contributed by atoms with E-state index in [9.17, 15) is 4.79 Å². The lowest BCUT2D eigenvalue weighted by molar-refractivity contribution is -0.135. The Bertz CT molecular complexity index is 395. The summed E-state index contributed by atoms with van der Waals surface area (Å²) in [4.78, 5) is 12.1. The molecule has 0 aliphatic heterocycles. The minimum Gasteiger partial charge on any atom is -0.480 e. The largest absolute Gasteiger partial charge is 0.480 e. The summed E-state index contributed by atoms with van der Waals surface area (Å²) in [6.45, 7) is -0.0437. The lowest BCUT2D eigenvalue weighted by Gasteiger charge is -2.21. The Kier molecular flexibility index (Phi) is 4.30. The highest BCUT2D eigenvalue weighted by atomic mass is 16.4. The molecule has 2 N–H and O–H groups in total. The van der Waals surface area contributed by atoms with E-state index in [4.69, 9.17) is 15.5 Å². The summed E-state index contributed by atoms with van der Waals surface area (Å²) in [6.07, 6.45) is 0. The normalized spacial score (nSPS) is 9.50. The van der Waals surface area contributed by atoms with E-state index in [0.717, 1.165) is 0 Å². The van der Waals surface area contributed by atoms with Crippen LogP contribution in [0.4, 0.5) is 5.69 Å². The zero-order valence-electron chi connectivity index (χ0n) is 8.63. The second-order valence-corrected chi connectivity index (χ2v) is 3.20. The molecule has 0 unspecified atom stereocenters. The van der Waals surface area contributed by atoms with Gasteiger partial charge in [0.1, 0.15) is 6.54 Å². The van der Waals surface area contributed by atoms with Gasteiger partial charge in [-0.1, -0.05) is 0 Å². The number of benzene rings is 1. The van der Waals surface area contributed by atoms with Crippen molar-refractivity contribution < 1.29 is 15.0 Å². The second kappa shape index (κ2) is 5.73. The lowest BCUT2D eigenvalue weighted by atomic mass is 10.2. The van der Waals surface area contributed by atoms with E-state index >= 15 is 0 Å². The molecule has 0 atom stereocenters. The molecule has 1 rings (SSSR count). The number of aliphatic carboxylic acids is 1. The number of nitriles is 1. The number of hydrogen-bond acceptors (Lipinski definition) is 4. The van der Waals surface area contributed by atoms with Crippen LogP contribution in [0.5, 0.6) is 0 Å². The number of carboxylic acids is 1. The third kappa shape index (κ3) is 3.26. The van der Waals surface area contributed by atoms with Gasteiger partial charge in [-0.25, -0.2) is 0 Å². The molecule has 0 heterocycles. The fourth-order valence-electron chi connectivity index (χ4n) is 1.33. The molecule has 16 heavy (non-hydrogen) atoms. The number of hydrogen-bond donors (Lipinski definition) is 2. The maximum absolute atomic E-state index is 10.6. The molecule has 1 aromatic carbocycles. The van der Waals surface area contributed by atoms with Crippen molar-refractivity contribution >= 4 is 11.7 Å². The number of aliphatic hydroxyl groups excluding tert-OH is 1. The molecular weight excluding hydrogens is 208 g/mol. The molecule has 0 saturated carbocycles. The van der Waals surface area contributed by atoms with Crippen molar-refractivity contribution in [3.63, 3.8) is 0 Å². The molecule has 0 aliphatic carbocycles. The van der Waals surface area contributed by atoms with Crippen molar-refractivity contribution in [3.05, 3.63) is 29.8 Å². The van der Waals surface area contributed by atoms with Crippen LogP contribution in [0.25, 0.3) is 0 Å². The SMILES string of the molecule is N#Cc1ccc(N(CCO)CC(=O)O)cc1. The summed E-state index contributed by atoms with van der Waals surface area (Å²) < 4.78 is 0. The Morgan fingerprint density at radius 1 is 1.38 bits per heavy atom. The van der Waals surface area contributed by atoms with Gasteiger partial charge in [0.2, 0.25) is 0 Å². The first kappa shape index (κ1) is 12.0. The van der Waals surface area contributed by atoms with Crippen LogP contribution in [-0.2, 0) is 4.79 Å². The Labute approximate surface area is 93.2 Å². The van der Waals surface area contributed by atoms with Crippen LogP contribution in [0, 0.1) is 11.3 Å². The van der Waals surface area contributed by atoms with Crippen LogP contribution in [0.3, 0.4) is 0 Å². The van der Waals surface area contributed by atoms with Crippen molar-refractivity contribution in [2.75, 3.05) is 24.6 Å². The molecule has 0 aromatic heterocycles. The van der Waals surface area contributed by atoms with Gasteiger partial charge in [-0.15, -0.1) is 0 Å². The molecule has 0 radical (unpaired) electrons. The summed E-state index contributed by atoms with van der Waals surface area (Å²) in [5, 5.41) is 26.1. The van der Waals surface area contributed by atoms with Gasteiger partial charge >= 0.3 is 5.97 Å². The van der Waals surface area contributed by atoms with E-state index in [1.807, 2.05) is 6.07 Å². The fourth-order valence-corrected chi connectivity index (χ4v) is 1.33. The van der Waals surface area contributed by atoms with Gasteiger partial charge in [-0.05, 0) is 24.3 Å². The summed E-state index contributed by atoms with van der Waals surface area (Å²) >= 11 is 0. The van der Waals surface area contributed by atoms with Crippen molar-refractivity contribution in [3.8, 4) is 6.07 Å². The Balaban J connectivity index is 2.84. The molecule has 0 fully saturated rings. The topological polar surface area (TPSA) is 84.6 Å². The van der Waals surface area contributed by atoms with Crippen LogP contribution in [0.15, 0.2) is 24.3 Å². The standard InChI is InChI=1S/C11H12N2O3/c12-7-9-1-3-10(4-2-9)13(5-6-14)8-11(15)16/h1-4,14H,5-6,8H2,(H,15,16). The van der Waals surface area contributed by atoms with Crippen LogP contribution >= 0.6 is 0 Å². The summed E-state index contributed by atoms with van der Waals surface area (Å²) in [5.41, 5.74) is 1.19. The van der Waals surface area contributed by atoms with Crippen LogP contribution < -0.4 is 4.90 Å². The predicted octanol–water partition coefficient (Wildman–Crippen LogP) is 0.442. The highest BCUT2D eigenvalue weighted by Gasteiger charge is 2.09. The van der Waals surface area contributed by atoms with Gasteiger partial charge in [0, 0.05) is 12.2 Å². The van der Waals surface area contributed by atoms with Crippen LogP contribution in [0.1, 0.15) is 5.56 Å². The second-order valence-electron chi connectivity index (χ2n) is 3.20. The molecular formula is C11H12N2O3. The average molecular weight is 220 g/mol. The molecule has 1 aromatic rings. The van der Waals surface area contributed by atoms with E-state index < -0.39 is 5.97 Å². The van der Waals surface area contributed by atoms with E-state index in [1.54, 1.807) is 24.3 Å². The van der Waals surface area contributed by atoms with Crippen molar-refractivity contribution in [2.45, 2.75) is 0 Å². The van der Waals surface area contributed by atoms with E-state index in [0.29, 0.717) is 11.3 Å². The third-order valence-electron chi connectivity index (χ3n) is 2.06. The van der Waals surface area contributed by atoms with E-state index in [2.05, 4.69) is 0 Å². The quantitative estimate of drug-likeness (QED) is 0.752. The Morgan fingerprint density at radius 3 is 2.44 bits per heavy atom. The molecule has 0 aliphatic rings. The maximum atomic E-state index is 10.6. The molecule has 0 bridgehead atoms. The average Bonchev–Trinajstić information content (AvgIpc) is 2.28. The number of nitrogens with zero attached hydrogens (tertiary/aromatic N) is 2. The highest BCUT2D eigenvalue weighted by Crippen LogP contribution is 2.14. The summed E-state index contributed by atoms with van der Waals surface area (Å²) in [5.74, 6) is -0.960. The first-order valence-electron chi connectivity index (χ1n) is 4.75. The first-order chi connectivity index (χ1) is 7.67. The molecule has 84 valence electrons. The van der Waals surface area contributed by atoms with E-state index in [-0.39, 0.29) is 19.7 Å². The molecule has 0 saturated heterocycles. The number of carboxylic acid groups (broad SMARTS) is 1. The summed E-state index contributed by atoms with van der Waals surface area (Å²) in [7, 11) is 0. The van der Waals surface area contributed by atoms with Gasteiger partial charge in [0.15, 0.2) is 0 Å². The van der Waals surface area contributed by atoms with Gasteiger partial charge in [0.05, 0.1) is 18.2 Å². The van der Waals surface area contributed by atoms with Crippen LogP contribution in [0.2, 0.25) is 0 Å². The number of anilines is 1. The maximum Gasteiger partial charge on any atom is 0.323 e. The zero-order valence-corrected chi connectivity index (χ0v) is 8.63. The van der Waals surface area contributed by atoms with Crippen molar-refractivity contribution in [2.24, 2.45) is 0 Å². The number of rotatable bonds is 5. The molecule has 0 spiro atoms. The zero-order chi connectivity index (χ0) is 12.0. The smallest absolute Gasteiger partial charge is 0.323 e. The highest BCUT2D eigenvalue weighted by molar-refractivity contribution is 5.73. The van der Waals surface area contributed by atoms with Crippen LogP contribution in [-0.4, -0.2) is 35.9 Å². The monoisotopic (exact) mass is 220 g/mol. The van der Waals surface area contributed by atoms with Gasteiger partial charge < -0.3 is 15.1 Å². The van der Waals surface area contributed by atoms with Gasteiger partial charge in [-0.2, -0.15) is 5.26 Å². The summed E-state index contributed by atoms with van der Waals surface area (Å²) in [6, 6.07) is 8.53. The third-order valence-corrected chi connectivity index (χ3v) is 2.06.